The van der Waals surface area contributed by atoms with Crippen LogP contribution < -0.4 is 15.4 Å². The Morgan fingerprint density at radius 2 is 1.76 bits per heavy atom. The molecule has 0 unspecified atom stereocenters. The lowest BCUT2D eigenvalue weighted by Gasteiger charge is -2.09. The summed E-state index contributed by atoms with van der Waals surface area (Å²) in [4.78, 5) is 24.1. The van der Waals surface area contributed by atoms with Gasteiger partial charge < -0.3 is 15.4 Å². The van der Waals surface area contributed by atoms with Gasteiger partial charge >= 0.3 is 0 Å². The molecule has 0 spiro atoms. The smallest absolute Gasteiger partial charge is 0.251 e. The number of ether oxygens (including phenoxy) is 1. The molecule has 0 radical (unpaired) electrons. The zero-order valence-electron chi connectivity index (χ0n) is 16.6. The van der Waals surface area contributed by atoms with Gasteiger partial charge in [-0.3, -0.25) is 9.59 Å². The third-order valence-corrected chi connectivity index (χ3v) is 5.21. The SMILES string of the molecule is CCNC(=O)c1cccc(CNC(=O)CCCOc2ccc(S(C)(=O)=O)cc2)c1. The van der Waals surface area contributed by atoms with Gasteiger partial charge in [0.2, 0.25) is 5.91 Å². The van der Waals surface area contributed by atoms with E-state index in [0.717, 1.165) is 11.8 Å². The summed E-state index contributed by atoms with van der Waals surface area (Å²) in [6.07, 6.45) is 1.98. The molecule has 0 heterocycles. The average Bonchev–Trinajstić information content (AvgIpc) is 2.70. The number of rotatable bonds is 10. The van der Waals surface area contributed by atoms with Gasteiger partial charge in [0, 0.05) is 31.3 Å². The molecule has 8 heteroatoms. The van der Waals surface area contributed by atoms with E-state index in [9.17, 15) is 18.0 Å². The van der Waals surface area contributed by atoms with Crippen LogP contribution in [0.2, 0.25) is 0 Å². The quantitative estimate of drug-likeness (QED) is 0.577. The van der Waals surface area contributed by atoms with Crippen molar-refractivity contribution in [3.8, 4) is 5.75 Å². The molecule has 0 aliphatic carbocycles. The maximum Gasteiger partial charge on any atom is 0.251 e. The molecule has 29 heavy (non-hydrogen) atoms. The van der Waals surface area contributed by atoms with E-state index in [-0.39, 0.29) is 16.7 Å². The summed E-state index contributed by atoms with van der Waals surface area (Å²) in [5.41, 5.74) is 1.42. The van der Waals surface area contributed by atoms with Gasteiger partial charge in [-0.1, -0.05) is 12.1 Å². The Labute approximate surface area is 171 Å². The summed E-state index contributed by atoms with van der Waals surface area (Å²) in [7, 11) is -3.23. The highest BCUT2D eigenvalue weighted by molar-refractivity contribution is 7.90. The first-order valence-electron chi connectivity index (χ1n) is 9.36. The molecule has 2 aromatic rings. The van der Waals surface area contributed by atoms with Gasteiger partial charge in [0.25, 0.3) is 5.91 Å². The van der Waals surface area contributed by atoms with Gasteiger partial charge in [-0.15, -0.1) is 0 Å². The summed E-state index contributed by atoms with van der Waals surface area (Å²) in [6.45, 7) is 3.11. The number of nitrogens with one attached hydrogen (secondary N) is 2. The maximum atomic E-state index is 12.0. The number of carbonyl (C=O) groups is 2. The Balaban J connectivity index is 1.71. The van der Waals surface area contributed by atoms with Crippen molar-refractivity contribution >= 4 is 21.7 Å². The van der Waals surface area contributed by atoms with Crippen molar-refractivity contribution in [2.45, 2.75) is 31.2 Å². The maximum absolute atomic E-state index is 12.0. The van der Waals surface area contributed by atoms with Crippen LogP contribution in [0.3, 0.4) is 0 Å². The average molecular weight is 419 g/mol. The van der Waals surface area contributed by atoms with Crippen molar-refractivity contribution in [2.24, 2.45) is 0 Å². The normalized spacial score (nSPS) is 11.0. The third-order valence-electron chi connectivity index (χ3n) is 4.08. The standard InChI is InChI=1S/C21H26N2O5S/c1-3-22-21(25)17-7-4-6-16(14-17)15-23-20(24)8-5-13-28-18-9-11-19(12-10-18)29(2,26)27/h4,6-7,9-12,14H,3,5,8,13,15H2,1-2H3,(H,22,25)(H,23,24). The van der Waals surface area contributed by atoms with Crippen molar-refractivity contribution < 1.29 is 22.7 Å². The van der Waals surface area contributed by atoms with Crippen LogP contribution in [0.25, 0.3) is 0 Å². The van der Waals surface area contributed by atoms with Crippen LogP contribution in [0, 0.1) is 0 Å². The minimum atomic E-state index is -3.23. The van der Waals surface area contributed by atoms with Crippen molar-refractivity contribution in [2.75, 3.05) is 19.4 Å². The predicted octanol–water partition coefficient (Wildman–Crippen LogP) is 2.32. The molecule has 7 nitrogen and oxygen atoms in total. The lowest BCUT2D eigenvalue weighted by Crippen LogP contribution is -2.24. The van der Waals surface area contributed by atoms with Gasteiger partial charge in [-0.2, -0.15) is 0 Å². The highest BCUT2D eigenvalue weighted by Crippen LogP contribution is 2.16. The topological polar surface area (TPSA) is 102 Å². The first-order valence-corrected chi connectivity index (χ1v) is 11.3. The Kier molecular flexibility index (Phi) is 8.21. The fraction of sp³-hybridized carbons (Fsp3) is 0.333. The fourth-order valence-electron chi connectivity index (χ4n) is 2.58. The second-order valence-corrected chi connectivity index (χ2v) is 8.55. The van der Waals surface area contributed by atoms with Crippen molar-refractivity contribution in [1.29, 1.82) is 0 Å². The van der Waals surface area contributed by atoms with Crippen LogP contribution >= 0.6 is 0 Å². The van der Waals surface area contributed by atoms with Crippen molar-refractivity contribution in [3.05, 3.63) is 59.7 Å². The minimum Gasteiger partial charge on any atom is -0.494 e. The Hall–Kier alpha value is -2.87. The van der Waals surface area contributed by atoms with E-state index in [1.165, 1.54) is 12.1 Å². The molecule has 0 aliphatic heterocycles. The molecule has 0 aromatic heterocycles. The van der Waals surface area contributed by atoms with E-state index in [0.29, 0.717) is 43.9 Å². The zero-order chi connectivity index (χ0) is 21.3. The van der Waals surface area contributed by atoms with Crippen LogP contribution in [0.4, 0.5) is 0 Å². The van der Waals surface area contributed by atoms with Crippen LogP contribution in [-0.4, -0.2) is 39.6 Å². The molecule has 0 saturated heterocycles. The zero-order valence-corrected chi connectivity index (χ0v) is 17.4. The summed E-state index contributed by atoms with van der Waals surface area (Å²) < 4.78 is 28.4. The van der Waals surface area contributed by atoms with Crippen LogP contribution in [0.15, 0.2) is 53.4 Å². The molecule has 2 amide bonds. The second kappa shape index (κ2) is 10.6. The molecule has 2 N–H and O–H groups in total. The first-order chi connectivity index (χ1) is 13.8. The number of hydrogen-bond acceptors (Lipinski definition) is 5. The Bertz CT molecular complexity index is 940. The lowest BCUT2D eigenvalue weighted by atomic mass is 10.1. The summed E-state index contributed by atoms with van der Waals surface area (Å²) >= 11 is 0. The van der Waals surface area contributed by atoms with Gasteiger partial charge in [0.15, 0.2) is 9.84 Å². The third kappa shape index (κ3) is 7.57. The number of benzene rings is 2. The highest BCUT2D eigenvalue weighted by atomic mass is 32.2. The summed E-state index contributed by atoms with van der Waals surface area (Å²) in [6, 6.07) is 13.3. The molecule has 0 aliphatic rings. The summed E-state index contributed by atoms with van der Waals surface area (Å²) in [5.74, 6) is 0.312. The lowest BCUT2D eigenvalue weighted by molar-refractivity contribution is -0.121. The van der Waals surface area contributed by atoms with Gasteiger partial charge in [0.05, 0.1) is 11.5 Å². The number of sulfone groups is 1. The van der Waals surface area contributed by atoms with Gasteiger partial charge in [0.1, 0.15) is 5.75 Å². The van der Waals surface area contributed by atoms with E-state index in [2.05, 4.69) is 10.6 Å². The molecule has 0 fully saturated rings. The van der Waals surface area contributed by atoms with Crippen LogP contribution in [-0.2, 0) is 21.2 Å². The monoisotopic (exact) mass is 418 g/mol. The first kappa shape index (κ1) is 22.4. The second-order valence-electron chi connectivity index (χ2n) is 6.53. The molecule has 2 rings (SSSR count). The van der Waals surface area contributed by atoms with Crippen molar-refractivity contribution in [1.82, 2.24) is 10.6 Å². The predicted molar refractivity (Wildman–Crippen MR) is 111 cm³/mol. The van der Waals surface area contributed by atoms with Crippen LogP contribution in [0.1, 0.15) is 35.7 Å². The molecular formula is C21H26N2O5S. The molecule has 0 saturated carbocycles. The molecule has 0 bridgehead atoms. The van der Waals surface area contributed by atoms with E-state index in [1.54, 1.807) is 30.3 Å². The highest BCUT2D eigenvalue weighted by Gasteiger charge is 2.08. The van der Waals surface area contributed by atoms with E-state index in [4.69, 9.17) is 4.74 Å². The number of hydrogen-bond donors (Lipinski definition) is 2. The Morgan fingerprint density at radius 3 is 2.41 bits per heavy atom. The van der Waals surface area contributed by atoms with Crippen LogP contribution in [0.5, 0.6) is 5.75 Å². The van der Waals surface area contributed by atoms with Crippen molar-refractivity contribution in [3.63, 3.8) is 0 Å². The molecule has 156 valence electrons. The van der Waals surface area contributed by atoms with E-state index >= 15 is 0 Å². The molecule has 2 aromatic carbocycles. The summed E-state index contributed by atoms with van der Waals surface area (Å²) in [5, 5.41) is 5.57. The fourth-order valence-corrected chi connectivity index (χ4v) is 3.21. The van der Waals surface area contributed by atoms with E-state index in [1.807, 2.05) is 13.0 Å². The number of amides is 2. The van der Waals surface area contributed by atoms with E-state index < -0.39 is 9.84 Å². The minimum absolute atomic E-state index is 0.107. The number of carbonyl (C=O) groups excluding carboxylic acids is 2. The molecular weight excluding hydrogens is 392 g/mol. The largest absolute Gasteiger partial charge is 0.494 e. The molecule has 0 atom stereocenters. The van der Waals surface area contributed by atoms with Gasteiger partial charge in [-0.05, 0) is 55.3 Å². The van der Waals surface area contributed by atoms with Gasteiger partial charge in [-0.25, -0.2) is 8.42 Å². The Morgan fingerprint density at radius 1 is 1.03 bits per heavy atom.